The lowest BCUT2D eigenvalue weighted by Gasteiger charge is -2.05. The van der Waals surface area contributed by atoms with Crippen LogP contribution >= 0.6 is 0 Å². The molecule has 0 radical (unpaired) electrons. The average Bonchev–Trinajstić information content (AvgIpc) is 3.24. The molecule has 0 aliphatic heterocycles. The van der Waals surface area contributed by atoms with Crippen LogP contribution in [0.5, 0.6) is 0 Å². The molecule has 2 heterocycles. The second-order valence-corrected chi connectivity index (χ2v) is 5.28. The van der Waals surface area contributed by atoms with Crippen molar-refractivity contribution in [1.82, 2.24) is 15.2 Å². The molecule has 23 heavy (non-hydrogen) atoms. The molecule has 0 spiro atoms. The second-order valence-electron chi connectivity index (χ2n) is 5.28. The molecule has 0 bridgehead atoms. The number of hydrogen-bond donors (Lipinski definition) is 3. The summed E-state index contributed by atoms with van der Waals surface area (Å²) in [5, 5.41) is 10.8. The first-order valence-electron chi connectivity index (χ1n) is 7.28. The van der Waals surface area contributed by atoms with Crippen molar-refractivity contribution < 1.29 is 4.79 Å². The molecule has 4 aromatic rings. The number of fused-ring (bicyclic) bond motifs is 1. The van der Waals surface area contributed by atoms with Gasteiger partial charge in [-0.25, -0.2) is 0 Å². The molecule has 0 saturated heterocycles. The van der Waals surface area contributed by atoms with E-state index in [2.05, 4.69) is 20.5 Å². The lowest BCUT2D eigenvalue weighted by atomic mass is 10.1. The second kappa shape index (κ2) is 5.46. The van der Waals surface area contributed by atoms with Crippen molar-refractivity contribution in [3.05, 3.63) is 72.6 Å². The van der Waals surface area contributed by atoms with Crippen LogP contribution in [0.15, 0.2) is 66.9 Å². The van der Waals surface area contributed by atoms with Crippen LogP contribution in [-0.2, 0) is 0 Å². The van der Waals surface area contributed by atoms with E-state index in [9.17, 15) is 4.79 Å². The topological polar surface area (TPSA) is 73.6 Å². The number of para-hydroxylation sites is 1. The largest absolute Gasteiger partial charge is 0.351 e. The first-order valence-corrected chi connectivity index (χ1v) is 7.28. The molecule has 3 N–H and O–H groups in total. The van der Waals surface area contributed by atoms with Gasteiger partial charge in [0.05, 0.1) is 5.69 Å². The molecule has 5 heteroatoms. The van der Waals surface area contributed by atoms with Gasteiger partial charge >= 0.3 is 0 Å². The summed E-state index contributed by atoms with van der Waals surface area (Å²) < 4.78 is 0. The number of carbonyl (C=O) groups is 1. The van der Waals surface area contributed by atoms with Gasteiger partial charge in [-0.3, -0.25) is 9.89 Å². The monoisotopic (exact) mass is 302 g/mol. The highest BCUT2D eigenvalue weighted by Gasteiger charge is 2.10. The molecule has 0 unspecified atom stereocenters. The van der Waals surface area contributed by atoms with Crippen LogP contribution in [0.2, 0.25) is 0 Å². The highest BCUT2D eigenvalue weighted by molar-refractivity contribution is 6.06. The zero-order chi connectivity index (χ0) is 15.6. The Labute approximate surface area is 132 Å². The lowest BCUT2D eigenvalue weighted by molar-refractivity contribution is 0.102. The molecule has 0 fully saturated rings. The van der Waals surface area contributed by atoms with Crippen LogP contribution < -0.4 is 5.32 Å². The zero-order valence-electron chi connectivity index (χ0n) is 12.2. The third-order valence-electron chi connectivity index (χ3n) is 3.71. The number of carbonyl (C=O) groups excluding carboxylic acids is 1. The van der Waals surface area contributed by atoms with Gasteiger partial charge in [0.25, 0.3) is 5.91 Å². The Hall–Kier alpha value is -3.34. The maximum Gasteiger partial charge on any atom is 0.272 e. The molecule has 112 valence electrons. The Morgan fingerprint density at radius 1 is 1.00 bits per heavy atom. The van der Waals surface area contributed by atoms with Gasteiger partial charge in [-0.2, -0.15) is 5.10 Å². The van der Waals surface area contributed by atoms with Crippen LogP contribution in [0, 0.1) is 0 Å². The van der Waals surface area contributed by atoms with Gasteiger partial charge in [0.2, 0.25) is 0 Å². The number of amides is 1. The summed E-state index contributed by atoms with van der Waals surface area (Å²) in [6, 6.07) is 19.2. The molecule has 5 nitrogen and oxygen atoms in total. The number of rotatable bonds is 3. The van der Waals surface area contributed by atoms with Crippen molar-refractivity contribution >= 4 is 22.5 Å². The van der Waals surface area contributed by atoms with Crippen molar-refractivity contribution in [2.75, 3.05) is 5.32 Å². The number of anilines is 1. The molecule has 4 rings (SSSR count). The first-order chi connectivity index (χ1) is 11.3. The number of hydrogen-bond acceptors (Lipinski definition) is 2. The smallest absolute Gasteiger partial charge is 0.272 e. The molecular formula is C18H14N4O. The predicted molar refractivity (Wildman–Crippen MR) is 90.3 cm³/mol. The maximum absolute atomic E-state index is 12.4. The number of benzene rings is 2. The van der Waals surface area contributed by atoms with E-state index in [1.807, 2.05) is 60.7 Å². The standard InChI is InChI=1S/C18H14N4O/c23-18(17-11-13-4-1-2-7-15(13)21-17)20-14-6-3-5-12(10-14)16-8-9-19-22-16/h1-11,21H,(H,19,22)(H,20,23). The molecule has 0 aliphatic carbocycles. The third kappa shape index (κ3) is 2.60. The third-order valence-corrected chi connectivity index (χ3v) is 3.71. The number of aromatic nitrogens is 3. The number of aromatic amines is 2. The maximum atomic E-state index is 12.4. The fourth-order valence-corrected chi connectivity index (χ4v) is 2.58. The van der Waals surface area contributed by atoms with Crippen LogP contribution in [0.25, 0.3) is 22.2 Å². The SMILES string of the molecule is O=C(Nc1cccc(-c2ccn[nH]2)c1)c1cc2ccccc2[nH]1. The van der Waals surface area contributed by atoms with Crippen molar-refractivity contribution in [2.45, 2.75) is 0 Å². The molecule has 0 aliphatic rings. The van der Waals surface area contributed by atoms with Gasteiger partial charge < -0.3 is 10.3 Å². The van der Waals surface area contributed by atoms with Crippen molar-refractivity contribution in [2.24, 2.45) is 0 Å². The summed E-state index contributed by atoms with van der Waals surface area (Å²) in [4.78, 5) is 15.5. The van der Waals surface area contributed by atoms with E-state index >= 15 is 0 Å². The van der Waals surface area contributed by atoms with Crippen molar-refractivity contribution in [3.63, 3.8) is 0 Å². The molecule has 2 aromatic carbocycles. The zero-order valence-corrected chi connectivity index (χ0v) is 12.2. The van der Waals surface area contributed by atoms with Crippen molar-refractivity contribution in [1.29, 1.82) is 0 Å². The minimum atomic E-state index is -0.164. The fourth-order valence-electron chi connectivity index (χ4n) is 2.58. The summed E-state index contributed by atoms with van der Waals surface area (Å²) >= 11 is 0. The number of nitrogens with one attached hydrogen (secondary N) is 3. The van der Waals surface area contributed by atoms with Crippen molar-refractivity contribution in [3.8, 4) is 11.3 Å². The minimum absolute atomic E-state index is 0.164. The van der Waals surface area contributed by atoms with E-state index in [-0.39, 0.29) is 5.91 Å². The van der Waals surface area contributed by atoms with Gasteiger partial charge in [0, 0.05) is 28.4 Å². The minimum Gasteiger partial charge on any atom is -0.351 e. The Morgan fingerprint density at radius 3 is 2.74 bits per heavy atom. The Morgan fingerprint density at radius 2 is 1.91 bits per heavy atom. The van der Waals surface area contributed by atoms with Gasteiger partial charge in [-0.05, 0) is 30.3 Å². The molecule has 0 atom stereocenters. The first kappa shape index (κ1) is 13.3. The normalized spacial score (nSPS) is 10.8. The summed E-state index contributed by atoms with van der Waals surface area (Å²) in [5.74, 6) is -0.164. The molecular weight excluding hydrogens is 288 g/mol. The lowest BCUT2D eigenvalue weighted by Crippen LogP contribution is -2.12. The summed E-state index contributed by atoms with van der Waals surface area (Å²) in [7, 11) is 0. The summed E-state index contributed by atoms with van der Waals surface area (Å²) in [6.07, 6.45) is 1.70. The Bertz CT molecular complexity index is 937. The average molecular weight is 302 g/mol. The van der Waals surface area contributed by atoms with E-state index in [4.69, 9.17) is 0 Å². The number of nitrogens with zero attached hydrogens (tertiary/aromatic N) is 1. The summed E-state index contributed by atoms with van der Waals surface area (Å²) in [6.45, 7) is 0. The van der Waals surface area contributed by atoms with Gasteiger partial charge in [0.15, 0.2) is 0 Å². The highest BCUT2D eigenvalue weighted by atomic mass is 16.1. The predicted octanol–water partition coefficient (Wildman–Crippen LogP) is 3.81. The molecule has 0 saturated carbocycles. The van der Waals surface area contributed by atoms with Gasteiger partial charge in [-0.15, -0.1) is 0 Å². The Kier molecular flexibility index (Phi) is 3.16. The van der Waals surface area contributed by atoms with Gasteiger partial charge in [-0.1, -0.05) is 30.3 Å². The van der Waals surface area contributed by atoms with Crippen LogP contribution in [0.4, 0.5) is 5.69 Å². The van der Waals surface area contributed by atoms with E-state index in [1.54, 1.807) is 6.20 Å². The van der Waals surface area contributed by atoms with Gasteiger partial charge in [0.1, 0.15) is 5.69 Å². The van der Waals surface area contributed by atoms with E-state index in [1.165, 1.54) is 0 Å². The molecule has 2 aromatic heterocycles. The van der Waals surface area contributed by atoms with Crippen LogP contribution in [0.1, 0.15) is 10.5 Å². The summed E-state index contributed by atoms with van der Waals surface area (Å²) in [5.41, 5.74) is 4.10. The molecule has 1 amide bonds. The van der Waals surface area contributed by atoms with Crippen LogP contribution in [0.3, 0.4) is 0 Å². The van der Waals surface area contributed by atoms with E-state index < -0.39 is 0 Å². The quantitative estimate of drug-likeness (QED) is 0.538. The fraction of sp³-hybridized carbons (Fsp3) is 0. The van der Waals surface area contributed by atoms with E-state index in [0.29, 0.717) is 5.69 Å². The highest BCUT2D eigenvalue weighted by Crippen LogP contribution is 2.21. The van der Waals surface area contributed by atoms with E-state index in [0.717, 1.165) is 27.8 Å². The Balaban J connectivity index is 1.60. The number of H-pyrrole nitrogens is 2. The van der Waals surface area contributed by atoms with Crippen LogP contribution in [-0.4, -0.2) is 21.1 Å².